The largest absolute Gasteiger partial charge is 0.481 e. The molecule has 150 valence electrons. The smallest absolute Gasteiger partial charge is 0.303 e. The van der Waals surface area contributed by atoms with Crippen LogP contribution in [0.1, 0.15) is 44.9 Å². The Kier molecular flexibility index (Phi) is 6.86. The van der Waals surface area contributed by atoms with Gasteiger partial charge in [0.15, 0.2) is 0 Å². The van der Waals surface area contributed by atoms with Crippen LogP contribution in [0.2, 0.25) is 0 Å². The third kappa shape index (κ3) is 5.42. The second-order valence-electron chi connectivity index (χ2n) is 7.42. The summed E-state index contributed by atoms with van der Waals surface area (Å²) in [5, 5.41) is 10.6. The van der Waals surface area contributed by atoms with Crippen molar-refractivity contribution in [1.82, 2.24) is 4.72 Å². The van der Waals surface area contributed by atoms with Gasteiger partial charge in [-0.05, 0) is 60.9 Å². The molecule has 2 N–H and O–H groups in total. The SMILES string of the molecule is O=C(O)CCC/C=C/CC1CCCC1NS(=O)(=O)c1ccc2ccccc2c1. The lowest BCUT2D eigenvalue weighted by Crippen LogP contribution is -2.37. The third-order valence-electron chi connectivity index (χ3n) is 5.36. The Morgan fingerprint density at radius 3 is 2.68 bits per heavy atom. The van der Waals surface area contributed by atoms with Crippen molar-refractivity contribution in [2.24, 2.45) is 5.92 Å². The number of nitrogens with one attached hydrogen (secondary N) is 1. The summed E-state index contributed by atoms with van der Waals surface area (Å²) in [5.41, 5.74) is 0. The van der Waals surface area contributed by atoms with Crippen LogP contribution < -0.4 is 4.72 Å². The first kappa shape index (κ1) is 20.6. The molecule has 2 aromatic carbocycles. The lowest BCUT2D eigenvalue weighted by Gasteiger charge is -2.20. The topological polar surface area (TPSA) is 83.5 Å². The molecule has 1 saturated carbocycles. The van der Waals surface area contributed by atoms with Crippen molar-refractivity contribution >= 4 is 26.8 Å². The molecule has 2 atom stereocenters. The minimum Gasteiger partial charge on any atom is -0.481 e. The van der Waals surface area contributed by atoms with Crippen LogP contribution in [0.3, 0.4) is 0 Å². The second-order valence-corrected chi connectivity index (χ2v) is 9.13. The van der Waals surface area contributed by atoms with Gasteiger partial charge in [0.2, 0.25) is 10.0 Å². The predicted octanol–water partition coefficient (Wildman–Crippen LogP) is 4.49. The van der Waals surface area contributed by atoms with Crippen LogP contribution in [-0.2, 0) is 14.8 Å². The van der Waals surface area contributed by atoms with E-state index in [4.69, 9.17) is 5.11 Å². The Morgan fingerprint density at radius 2 is 1.89 bits per heavy atom. The Morgan fingerprint density at radius 1 is 1.11 bits per heavy atom. The van der Waals surface area contributed by atoms with Crippen LogP contribution in [0.15, 0.2) is 59.5 Å². The van der Waals surface area contributed by atoms with Crippen molar-refractivity contribution < 1.29 is 18.3 Å². The molecule has 0 aliphatic heterocycles. The molecule has 28 heavy (non-hydrogen) atoms. The first-order valence-corrected chi connectivity index (χ1v) is 11.3. The summed E-state index contributed by atoms with van der Waals surface area (Å²) >= 11 is 0. The summed E-state index contributed by atoms with van der Waals surface area (Å²) in [6.07, 6.45) is 9.32. The van der Waals surface area contributed by atoms with Gasteiger partial charge in [0.05, 0.1) is 4.90 Å². The van der Waals surface area contributed by atoms with Crippen LogP contribution >= 0.6 is 0 Å². The fourth-order valence-corrected chi connectivity index (χ4v) is 5.21. The summed E-state index contributed by atoms with van der Waals surface area (Å²) in [7, 11) is -3.56. The molecule has 1 aliphatic rings. The maximum atomic E-state index is 12.9. The number of unbranched alkanes of at least 4 members (excludes halogenated alkanes) is 1. The van der Waals surface area contributed by atoms with Gasteiger partial charge in [0.25, 0.3) is 0 Å². The number of carbonyl (C=O) groups is 1. The van der Waals surface area contributed by atoms with Crippen molar-refractivity contribution in [3.8, 4) is 0 Å². The first-order valence-electron chi connectivity index (χ1n) is 9.83. The van der Waals surface area contributed by atoms with E-state index in [1.165, 1.54) is 0 Å². The summed E-state index contributed by atoms with van der Waals surface area (Å²) in [6, 6.07) is 12.9. The molecule has 1 fully saturated rings. The van der Waals surface area contributed by atoms with E-state index in [1.54, 1.807) is 12.1 Å². The molecule has 0 radical (unpaired) electrons. The van der Waals surface area contributed by atoms with Gasteiger partial charge in [-0.1, -0.05) is 48.9 Å². The number of rotatable bonds is 9. The van der Waals surface area contributed by atoms with Crippen molar-refractivity contribution in [2.75, 3.05) is 0 Å². The van der Waals surface area contributed by atoms with E-state index in [0.717, 1.165) is 42.9 Å². The maximum Gasteiger partial charge on any atom is 0.303 e. The number of carboxylic acid groups (broad SMARTS) is 1. The van der Waals surface area contributed by atoms with Crippen LogP contribution in [-0.4, -0.2) is 25.5 Å². The Hall–Kier alpha value is -2.18. The quantitative estimate of drug-likeness (QED) is 0.479. The predicted molar refractivity (Wildman–Crippen MR) is 111 cm³/mol. The number of carboxylic acids is 1. The van der Waals surface area contributed by atoms with Gasteiger partial charge in [-0.3, -0.25) is 4.79 Å². The van der Waals surface area contributed by atoms with Gasteiger partial charge >= 0.3 is 5.97 Å². The minimum atomic E-state index is -3.56. The van der Waals surface area contributed by atoms with Crippen LogP contribution in [0.4, 0.5) is 0 Å². The van der Waals surface area contributed by atoms with Crippen molar-refractivity contribution in [3.63, 3.8) is 0 Å². The van der Waals surface area contributed by atoms with Crippen molar-refractivity contribution in [3.05, 3.63) is 54.6 Å². The van der Waals surface area contributed by atoms with E-state index < -0.39 is 16.0 Å². The van der Waals surface area contributed by atoms with Gasteiger partial charge in [-0.2, -0.15) is 0 Å². The van der Waals surface area contributed by atoms with E-state index in [9.17, 15) is 13.2 Å². The monoisotopic (exact) mass is 401 g/mol. The van der Waals surface area contributed by atoms with Crippen molar-refractivity contribution in [2.45, 2.75) is 55.9 Å². The van der Waals surface area contributed by atoms with Gasteiger partial charge in [-0.15, -0.1) is 0 Å². The molecular formula is C22H27NO4S. The highest BCUT2D eigenvalue weighted by molar-refractivity contribution is 7.89. The van der Waals surface area contributed by atoms with E-state index in [2.05, 4.69) is 10.8 Å². The highest BCUT2D eigenvalue weighted by Crippen LogP contribution is 2.30. The summed E-state index contributed by atoms with van der Waals surface area (Å²) in [4.78, 5) is 10.8. The zero-order chi connectivity index (χ0) is 20.0. The molecular weight excluding hydrogens is 374 g/mol. The number of sulfonamides is 1. The molecule has 2 unspecified atom stereocenters. The maximum absolute atomic E-state index is 12.9. The lowest BCUT2D eigenvalue weighted by atomic mass is 10.00. The van der Waals surface area contributed by atoms with Crippen LogP contribution in [0, 0.1) is 5.92 Å². The highest BCUT2D eigenvalue weighted by Gasteiger charge is 2.30. The number of allylic oxidation sites excluding steroid dienone is 2. The molecule has 0 saturated heterocycles. The number of aliphatic carboxylic acids is 1. The second kappa shape index (κ2) is 9.34. The van der Waals surface area contributed by atoms with Crippen LogP contribution in [0.5, 0.6) is 0 Å². The van der Waals surface area contributed by atoms with Crippen LogP contribution in [0.25, 0.3) is 10.8 Å². The average molecular weight is 402 g/mol. The Bertz CT molecular complexity index is 952. The highest BCUT2D eigenvalue weighted by atomic mass is 32.2. The summed E-state index contributed by atoms with van der Waals surface area (Å²) in [5.74, 6) is -0.488. The van der Waals surface area contributed by atoms with Gasteiger partial charge < -0.3 is 5.11 Å². The third-order valence-corrected chi connectivity index (χ3v) is 6.85. The van der Waals surface area contributed by atoms with E-state index in [0.29, 0.717) is 11.3 Å². The minimum absolute atomic E-state index is 0.0554. The number of hydrogen-bond donors (Lipinski definition) is 2. The lowest BCUT2D eigenvalue weighted by molar-refractivity contribution is -0.137. The van der Waals surface area contributed by atoms with Gasteiger partial charge in [0, 0.05) is 12.5 Å². The zero-order valence-corrected chi connectivity index (χ0v) is 16.7. The van der Waals surface area contributed by atoms with Gasteiger partial charge in [0.1, 0.15) is 0 Å². The molecule has 2 aromatic rings. The number of fused-ring (bicyclic) bond motifs is 1. The van der Waals surface area contributed by atoms with E-state index >= 15 is 0 Å². The Labute approximate surface area is 166 Å². The summed E-state index contributed by atoms with van der Waals surface area (Å²) in [6.45, 7) is 0. The molecule has 6 heteroatoms. The molecule has 0 bridgehead atoms. The molecule has 3 rings (SSSR count). The molecule has 1 aliphatic carbocycles. The Balaban J connectivity index is 1.60. The molecule has 0 spiro atoms. The average Bonchev–Trinajstić information content (AvgIpc) is 3.10. The fourth-order valence-electron chi connectivity index (χ4n) is 3.84. The van der Waals surface area contributed by atoms with E-state index in [-0.39, 0.29) is 18.4 Å². The zero-order valence-electron chi connectivity index (χ0n) is 15.9. The van der Waals surface area contributed by atoms with Crippen molar-refractivity contribution in [1.29, 1.82) is 0 Å². The first-order chi connectivity index (χ1) is 13.5. The number of hydrogen-bond acceptors (Lipinski definition) is 3. The number of benzene rings is 2. The summed E-state index contributed by atoms with van der Waals surface area (Å²) < 4.78 is 28.7. The fraction of sp³-hybridized carbons (Fsp3) is 0.409. The van der Waals surface area contributed by atoms with E-state index in [1.807, 2.05) is 36.4 Å². The van der Waals surface area contributed by atoms with Gasteiger partial charge in [-0.25, -0.2) is 13.1 Å². The molecule has 0 amide bonds. The standard InChI is InChI=1S/C22H27NO4S/c24-22(25)13-4-2-1-3-9-18-11-7-12-21(18)23-28(26,27)20-15-14-17-8-5-6-10-19(17)16-20/h1,3,5-6,8,10,14-16,18,21,23H,2,4,7,9,11-13H2,(H,24,25)/b3-1+. The molecule has 0 heterocycles. The normalized spacial score (nSPS) is 20.1. The molecule has 5 nitrogen and oxygen atoms in total. The molecule has 0 aromatic heterocycles.